The second kappa shape index (κ2) is 10.8. The number of rotatable bonds is 8. The molecule has 1 saturated heterocycles. The molecule has 2 aromatic carbocycles. The molecule has 168 valence electrons. The van der Waals surface area contributed by atoms with Crippen molar-refractivity contribution in [1.29, 1.82) is 0 Å². The maximum atomic E-state index is 12.4. The molecule has 7 nitrogen and oxygen atoms in total. The molecule has 0 spiro atoms. The molecule has 0 bridgehead atoms. The highest BCUT2D eigenvalue weighted by molar-refractivity contribution is 7.99. The van der Waals surface area contributed by atoms with Crippen molar-refractivity contribution in [3.8, 4) is 11.4 Å². The summed E-state index contributed by atoms with van der Waals surface area (Å²) in [5, 5.41) is 12.3. The molecular weight excluding hydrogens is 422 g/mol. The van der Waals surface area contributed by atoms with E-state index < -0.39 is 0 Å². The topological polar surface area (TPSA) is 72.3 Å². The number of hydrogen-bond donors (Lipinski definition) is 1. The largest absolute Gasteiger partial charge is 0.374 e. The summed E-state index contributed by atoms with van der Waals surface area (Å²) in [5.41, 5.74) is 3.49. The Bertz CT molecular complexity index is 1040. The van der Waals surface area contributed by atoms with Gasteiger partial charge in [0, 0.05) is 38.8 Å². The zero-order valence-corrected chi connectivity index (χ0v) is 19.3. The van der Waals surface area contributed by atoms with Gasteiger partial charge in [0.1, 0.15) is 0 Å². The Morgan fingerprint density at radius 2 is 2.03 bits per heavy atom. The number of carbonyl (C=O) groups excluding carboxylic acids is 1. The Morgan fingerprint density at radius 3 is 2.84 bits per heavy atom. The quantitative estimate of drug-likeness (QED) is 0.531. The van der Waals surface area contributed by atoms with Crippen LogP contribution in [0.1, 0.15) is 11.1 Å². The molecule has 1 amide bonds. The van der Waals surface area contributed by atoms with Crippen LogP contribution in [0.15, 0.2) is 59.8 Å². The molecule has 1 fully saturated rings. The Morgan fingerprint density at radius 1 is 1.19 bits per heavy atom. The predicted octanol–water partition coefficient (Wildman–Crippen LogP) is 2.90. The van der Waals surface area contributed by atoms with Crippen LogP contribution in [0, 0.1) is 6.92 Å². The van der Waals surface area contributed by atoms with Gasteiger partial charge in [-0.2, -0.15) is 0 Å². The van der Waals surface area contributed by atoms with Crippen molar-refractivity contribution in [2.45, 2.75) is 24.7 Å². The summed E-state index contributed by atoms with van der Waals surface area (Å²) in [5.74, 6) is 1.06. The number of hydrogen-bond acceptors (Lipinski definition) is 6. The van der Waals surface area contributed by atoms with Gasteiger partial charge in [-0.05, 0) is 18.6 Å². The van der Waals surface area contributed by atoms with Crippen LogP contribution in [0.25, 0.3) is 11.4 Å². The molecule has 4 rings (SSSR count). The fourth-order valence-electron chi connectivity index (χ4n) is 3.77. The zero-order chi connectivity index (χ0) is 22.3. The maximum Gasteiger partial charge on any atom is 0.230 e. The van der Waals surface area contributed by atoms with E-state index in [1.807, 2.05) is 29.8 Å². The lowest BCUT2D eigenvalue weighted by Gasteiger charge is -2.33. The molecule has 3 aromatic rings. The van der Waals surface area contributed by atoms with E-state index in [1.54, 1.807) is 0 Å². The minimum absolute atomic E-state index is 0.00385. The summed E-state index contributed by atoms with van der Waals surface area (Å²) in [6.07, 6.45) is 0.00385. The van der Waals surface area contributed by atoms with E-state index in [0.29, 0.717) is 18.9 Å². The third-order valence-electron chi connectivity index (χ3n) is 5.44. The van der Waals surface area contributed by atoms with Gasteiger partial charge in [0.2, 0.25) is 5.91 Å². The van der Waals surface area contributed by atoms with E-state index >= 15 is 0 Å². The van der Waals surface area contributed by atoms with Crippen molar-refractivity contribution < 1.29 is 9.53 Å². The van der Waals surface area contributed by atoms with E-state index in [1.165, 1.54) is 22.9 Å². The van der Waals surface area contributed by atoms with Gasteiger partial charge in [-0.3, -0.25) is 9.69 Å². The van der Waals surface area contributed by atoms with Crippen LogP contribution in [0.2, 0.25) is 0 Å². The van der Waals surface area contributed by atoms with E-state index in [4.69, 9.17) is 4.74 Å². The molecule has 1 atom stereocenters. The van der Waals surface area contributed by atoms with Gasteiger partial charge < -0.3 is 14.6 Å². The first-order valence-electron chi connectivity index (χ1n) is 10.8. The Balaban J connectivity index is 1.23. The number of amides is 1. The molecule has 1 unspecified atom stereocenters. The fourth-order valence-corrected chi connectivity index (χ4v) is 4.52. The number of thioether (sulfide) groups is 1. The first-order valence-corrected chi connectivity index (χ1v) is 11.8. The normalized spacial score (nSPS) is 16.8. The van der Waals surface area contributed by atoms with Gasteiger partial charge in [0.15, 0.2) is 11.0 Å². The number of carbonyl (C=O) groups is 1. The first-order chi connectivity index (χ1) is 15.6. The summed E-state index contributed by atoms with van der Waals surface area (Å²) < 4.78 is 7.78. The monoisotopic (exact) mass is 451 g/mol. The average Bonchev–Trinajstić information content (AvgIpc) is 3.17. The number of aryl methyl sites for hydroxylation is 1. The van der Waals surface area contributed by atoms with Crippen molar-refractivity contribution in [1.82, 2.24) is 25.0 Å². The standard InChI is InChI=1S/C24H29N5O2S/c1-18-7-6-10-20(13-18)23-26-27-24(28(23)2)32-17-22(30)25-14-21-16-29(11-12-31-21)15-19-8-4-3-5-9-19/h3-10,13,21H,11-12,14-17H2,1-2H3,(H,25,30). The third kappa shape index (κ3) is 5.97. The third-order valence-corrected chi connectivity index (χ3v) is 6.46. The second-order valence-electron chi connectivity index (χ2n) is 8.04. The van der Waals surface area contributed by atoms with Gasteiger partial charge in [0.25, 0.3) is 0 Å². The van der Waals surface area contributed by atoms with Crippen molar-refractivity contribution in [2.75, 3.05) is 32.0 Å². The molecule has 8 heteroatoms. The number of morpholine rings is 1. The molecule has 0 aliphatic carbocycles. The first kappa shape index (κ1) is 22.5. The second-order valence-corrected chi connectivity index (χ2v) is 8.98. The van der Waals surface area contributed by atoms with Crippen molar-refractivity contribution >= 4 is 17.7 Å². The van der Waals surface area contributed by atoms with E-state index in [0.717, 1.165) is 36.2 Å². The highest BCUT2D eigenvalue weighted by Gasteiger charge is 2.21. The Labute approximate surface area is 193 Å². The molecule has 1 aromatic heterocycles. The van der Waals surface area contributed by atoms with Crippen LogP contribution in [0.5, 0.6) is 0 Å². The zero-order valence-electron chi connectivity index (χ0n) is 18.5. The maximum absolute atomic E-state index is 12.4. The summed E-state index contributed by atoms with van der Waals surface area (Å²) >= 11 is 1.39. The fraction of sp³-hybridized carbons (Fsp3) is 0.375. The molecule has 0 saturated carbocycles. The van der Waals surface area contributed by atoms with Crippen LogP contribution >= 0.6 is 11.8 Å². The number of ether oxygens (including phenoxy) is 1. The minimum Gasteiger partial charge on any atom is -0.374 e. The van der Waals surface area contributed by atoms with E-state index in [2.05, 4.69) is 63.7 Å². The Hall–Kier alpha value is -2.68. The number of benzene rings is 2. The lowest BCUT2D eigenvalue weighted by Crippen LogP contribution is -2.47. The van der Waals surface area contributed by atoms with Crippen LogP contribution in [-0.4, -0.2) is 63.7 Å². The summed E-state index contributed by atoms with van der Waals surface area (Å²) in [7, 11) is 1.93. The average molecular weight is 452 g/mol. The highest BCUT2D eigenvalue weighted by atomic mass is 32.2. The number of nitrogens with one attached hydrogen (secondary N) is 1. The van der Waals surface area contributed by atoms with Gasteiger partial charge in [-0.15, -0.1) is 10.2 Å². The van der Waals surface area contributed by atoms with Crippen molar-refractivity contribution in [2.24, 2.45) is 7.05 Å². The predicted molar refractivity (Wildman–Crippen MR) is 126 cm³/mol. The van der Waals surface area contributed by atoms with Crippen LogP contribution < -0.4 is 5.32 Å². The summed E-state index contributed by atoms with van der Waals surface area (Å²) in [6, 6.07) is 18.6. The minimum atomic E-state index is -0.0288. The van der Waals surface area contributed by atoms with Crippen LogP contribution in [-0.2, 0) is 23.1 Å². The lowest BCUT2D eigenvalue weighted by molar-refractivity contribution is -0.119. The van der Waals surface area contributed by atoms with Gasteiger partial charge >= 0.3 is 0 Å². The van der Waals surface area contributed by atoms with E-state index in [-0.39, 0.29) is 12.0 Å². The van der Waals surface area contributed by atoms with Gasteiger partial charge in [-0.1, -0.05) is 65.9 Å². The van der Waals surface area contributed by atoms with Crippen molar-refractivity contribution in [3.05, 3.63) is 65.7 Å². The molecule has 1 aliphatic heterocycles. The number of nitrogens with zero attached hydrogens (tertiary/aromatic N) is 4. The highest BCUT2D eigenvalue weighted by Crippen LogP contribution is 2.23. The molecule has 0 radical (unpaired) electrons. The SMILES string of the molecule is Cc1cccc(-c2nnc(SCC(=O)NCC3CN(Cc4ccccc4)CCO3)n2C)c1. The molecule has 32 heavy (non-hydrogen) atoms. The smallest absolute Gasteiger partial charge is 0.230 e. The van der Waals surface area contributed by atoms with Gasteiger partial charge in [-0.25, -0.2) is 0 Å². The molecule has 2 heterocycles. The van der Waals surface area contributed by atoms with Crippen LogP contribution in [0.3, 0.4) is 0 Å². The Kier molecular flexibility index (Phi) is 7.57. The van der Waals surface area contributed by atoms with Crippen molar-refractivity contribution in [3.63, 3.8) is 0 Å². The summed E-state index contributed by atoms with van der Waals surface area (Å²) in [4.78, 5) is 14.8. The van der Waals surface area contributed by atoms with Gasteiger partial charge in [0.05, 0.1) is 18.5 Å². The molecule has 1 aliphatic rings. The molecular formula is C24H29N5O2S. The summed E-state index contributed by atoms with van der Waals surface area (Å²) in [6.45, 7) is 5.87. The van der Waals surface area contributed by atoms with E-state index in [9.17, 15) is 4.79 Å². The van der Waals surface area contributed by atoms with Crippen LogP contribution in [0.4, 0.5) is 0 Å². The molecule has 1 N–H and O–H groups in total. The lowest BCUT2D eigenvalue weighted by atomic mass is 10.1. The number of aromatic nitrogens is 3.